The van der Waals surface area contributed by atoms with Crippen LogP contribution in [0.3, 0.4) is 0 Å². The number of fused-ring (bicyclic) bond motifs is 9. The molecule has 0 unspecified atom stereocenters. The molecule has 0 amide bonds. The van der Waals surface area contributed by atoms with Crippen LogP contribution in [-0.4, -0.2) is 12.5 Å². The molecule has 0 saturated heterocycles. The van der Waals surface area contributed by atoms with Gasteiger partial charge in [-0.3, -0.25) is 0 Å². The molecule has 192 valence electrons. The second kappa shape index (κ2) is 9.00. The number of hydrogen-bond acceptors (Lipinski definition) is 4. The summed E-state index contributed by atoms with van der Waals surface area (Å²) >= 11 is 5.60. The number of hydrogen-bond donors (Lipinski definition) is 1. The van der Waals surface area contributed by atoms with E-state index in [9.17, 15) is 5.02 Å². The van der Waals surface area contributed by atoms with Crippen LogP contribution < -0.4 is 5.46 Å². The maximum absolute atomic E-state index is 10.0. The van der Waals surface area contributed by atoms with Gasteiger partial charge in [0.1, 0.15) is 0 Å². The minimum absolute atomic E-state index is 0.0563. The molecule has 0 spiro atoms. The Bertz CT molecular complexity index is 2480. The molecule has 9 rings (SSSR count). The number of rotatable bonds is 3. The van der Waals surface area contributed by atoms with Crippen LogP contribution in [0, 0.1) is 0 Å². The maximum atomic E-state index is 10.0. The van der Waals surface area contributed by atoms with Crippen LogP contribution in [-0.2, 0) is 0 Å². The highest BCUT2D eigenvalue weighted by Crippen LogP contribution is 2.48. The van der Waals surface area contributed by atoms with Crippen molar-refractivity contribution in [3.63, 3.8) is 0 Å². The Balaban J connectivity index is 1.33. The molecule has 0 aliphatic carbocycles. The zero-order valence-electron chi connectivity index (χ0n) is 21.8. The Morgan fingerprint density at radius 2 is 0.756 bits per heavy atom. The first-order valence-corrected chi connectivity index (χ1v) is 16.1. The Labute approximate surface area is 248 Å². The molecule has 0 radical (unpaired) electrons. The molecule has 6 aromatic carbocycles. The fraction of sp³-hybridized carbons (Fsp3) is 0. The van der Waals surface area contributed by atoms with Crippen molar-refractivity contribution in [2.24, 2.45) is 0 Å². The molecule has 0 fully saturated rings. The predicted octanol–water partition coefficient (Wildman–Crippen LogP) is 10.1. The first kappa shape index (κ1) is 23.7. The topological polar surface area (TPSA) is 20.2 Å². The maximum Gasteiger partial charge on any atom is 0.306 e. The van der Waals surface area contributed by atoms with Gasteiger partial charge in [-0.2, -0.15) is 0 Å². The van der Waals surface area contributed by atoms with E-state index in [0.717, 1.165) is 5.46 Å². The molecule has 0 bridgehead atoms. The van der Waals surface area contributed by atoms with Crippen LogP contribution in [0.2, 0.25) is 0 Å². The van der Waals surface area contributed by atoms with Gasteiger partial charge in [-0.05, 0) is 16.9 Å². The molecule has 0 atom stereocenters. The van der Waals surface area contributed by atoms with Crippen LogP contribution in [0.25, 0.3) is 82.8 Å². The minimum atomic E-state index is 0.0563. The minimum Gasteiger partial charge on any atom is -0.449 e. The molecule has 9 aromatic rings. The van der Waals surface area contributed by atoms with Crippen LogP contribution in [0.15, 0.2) is 115 Å². The van der Waals surface area contributed by atoms with Crippen LogP contribution in [0.1, 0.15) is 0 Å². The second-order valence-corrected chi connectivity index (χ2v) is 13.6. The Hall–Kier alpha value is -4.00. The Morgan fingerprint density at radius 3 is 1.29 bits per heavy atom. The predicted molar refractivity (Wildman–Crippen MR) is 185 cm³/mol. The van der Waals surface area contributed by atoms with Crippen molar-refractivity contribution in [2.75, 3.05) is 0 Å². The van der Waals surface area contributed by atoms with Crippen molar-refractivity contribution in [1.82, 2.24) is 0 Å². The van der Waals surface area contributed by atoms with Gasteiger partial charge in [-0.25, -0.2) is 0 Å². The van der Waals surface area contributed by atoms with E-state index in [0.29, 0.717) is 0 Å². The lowest BCUT2D eigenvalue weighted by molar-refractivity contribution is 0.616. The second-order valence-electron chi connectivity index (χ2n) is 10.5. The molecule has 0 aliphatic rings. The molecular weight excluding hydrogens is 555 g/mol. The van der Waals surface area contributed by atoms with Gasteiger partial charge in [0.15, 0.2) is 0 Å². The van der Waals surface area contributed by atoms with Gasteiger partial charge in [0.25, 0.3) is 0 Å². The Morgan fingerprint density at radius 1 is 0.366 bits per heavy atom. The lowest BCUT2D eigenvalue weighted by Gasteiger charge is -2.05. The van der Waals surface area contributed by atoms with Gasteiger partial charge in [-0.1, -0.05) is 109 Å². The molecule has 5 heteroatoms. The number of thiophene rings is 3. The third kappa shape index (κ3) is 3.38. The summed E-state index contributed by atoms with van der Waals surface area (Å²) in [6.45, 7) is 0. The largest absolute Gasteiger partial charge is 0.449 e. The van der Waals surface area contributed by atoms with E-state index in [4.69, 9.17) is 0 Å². The van der Waals surface area contributed by atoms with E-state index in [1.807, 2.05) is 28.7 Å². The summed E-state index contributed by atoms with van der Waals surface area (Å²) in [4.78, 5) is 0. The lowest BCUT2D eigenvalue weighted by atomic mass is 9.87. The van der Waals surface area contributed by atoms with E-state index in [1.54, 1.807) is 11.3 Å². The molecule has 3 aromatic heterocycles. The third-order valence-corrected chi connectivity index (χ3v) is 12.1. The van der Waals surface area contributed by atoms with Crippen molar-refractivity contribution in [3.8, 4) is 22.3 Å². The van der Waals surface area contributed by atoms with Crippen molar-refractivity contribution < 1.29 is 5.02 Å². The van der Waals surface area contributed by atoms with Crippen LogP contribution in [0.4, 0.5) is 0 Å². The summed E-state index contributed by atoms with van der Waals surface area (Å²) in [5, 5.41) is 17.8. The van der Waals surface area contributed by atoms with Crippen LogP contribution in [0.5, 0.6) is 0 Å². The van der Waals surface area contributed by atoms with E-state index >= 15 is 0 Å². The quantitative estimate of drug-likeness (QED) is 0.208. The van der Waals surface area contributed by atoms with Crippen molar-refractivity contribution in [2.45, 2.75) is 0 Å². The molecule has 0 saturated carbocycles. The molecule has 0 aliphatic heterocycles. The molecule has 3 heterocycles. The van der Waals surface area contributed by atoms with Crippen molar-refractivity contribution in [1.29, 1.82) is 0 Å². The van der Waals surface area contributed by atoms with Crippen molar-refractivity contribution >= 4 is 107 Å². The lowest BCUT2D eigenvalue weighted by Crippen LogP contribution is -2.12. The number of benzene rings is 6. The van der Waals surface area contributed by atoms with E-state index in [-0.39, 0.29) is 7.48 Å². The monoisotopic (exact) mass is 576 g/mol. The summed E-state index contributed by atoms with van der Waals surface area (Å²) in [6.07, 6.45) is 0. The zero-order chi connectivity index (χ0) is 27.1. The van der Waals surface area contributed by atoms with E-state index in [2.05, 4.69) is 109 Å². The van der Waals surface area contributed by atoms with Crippen LogP contribution >= 0.6 is 34.0 Å². The summed E-state index contributed by atoms with van der Waals surface area (Å²) in [5.41, 5.74) is 6.15. The molecule has 41 heavy (non-hydrogen) atoms. The highest BCUT2D eigenvalue weighted by atomic mass is 32.1. The van der Waals surface area contributed by atoms with Gasteiger partial charge in [0.2, 0.25) is 0 Å². The van der Waals surface area contributed by atoms with Gasteiger partial charge in [0, 0.05) is 77.4 Å². The average Bonchev–Trinajstić information content (AvgIpc) is 3.72. The summed E-state index contributed by atoms with van der Waals surface area (Å²) in [5.74, 6) is 0. The van der Waals surface area contributed by atoms with Gasteiger partial charge in [0.05, 0.1) is 0 Å². The third-order valence-electron chi connectivity index (χ3n) is 8.29. The average molecular weight is 577 g/mol. The van der Waals surface area contributed by atoms with E-state index < -0.39 is 0 Å². The standard InChI is InChI=1S/C36H21BOS3/c38-37-30-18-7-17-29-28-16-6-15-27(35(28)41-36(29)30)26-14-5-13-25-24-12-4-11-23(33(24)40-34(25)26)22-10-3-9-21-20-8-1-2-19-31(20)39-32(21)22/h1-19,37-38H. The smallest absolute Gasteiger partial charge is 0.306 e. The first-order chi connectivity index (χ1) is 20.3. The van der Waals surface area contributed by atoms with Gasteiger partial charge < -0.3 is 5.02 Å². The summed E-state index contributed by atoms with van der Waals surface area (Å²) in [7, 11) is 0.0563. The molecular formula is C36H21BOS3. The highest BCUT2D eigenvalue weighted by Gasteiger charge is 2.19. The molecule has 1 nitrogen and oxygen atoms in total. The normalized spacial score (nSPS) is 12.0. The highest BCUT2D eigenvalue weighted by molar-refractivity contribution is 7.28. The summed E-state index contributed by atoms with van der Waals surface area (Å²) in [6, 6.07) is 41.9. The van der Waals surface area contributed by atoms with Gasteiger partial charge >= 0.3 is 7.48 Å². The SMILES string of the molecule is OBc1cccc2c1sc1c(-c3cccc4c3sc3c(-c5cccc6c5sc5ccccc56)cccc34)cccc12. The first-order valence-electron chi connectivity index (χ1n) is 13.7. The zero-order valence-corrected chi connectivity index (χ0v) is 24.3. The Kier molecular flexibility index (Phi) is 5.20. The van der Waals surface area contributed by atoms with E-state index in [1.165, 1.54) is 82.8 Å². The van der Waals surface area contributed by atoms with Crippen molar-refractivity contribution in [3.05, 3.63) is 115 Å². The summed E-state index contributed by atoms with van der Waals surface area (Å²) < 4.78 is 7.82. The fourth-order valence-electron chi connectivity index (χ4n) is 6.42. The fourth-order valence-corrected chi connectivity index (χ4v) is 10.3. The van der Waals surface area contributed by atoms with Gasteiger partial charge in [-0.15, -0.1) is 34.0 Å². The molecule has 1 N–H and O–H groups in total.